The van der Waals surface area contributed by atoms with Crippen molar-refractivity contribution in [3.8, 4) is 0 Å². The van der Waals surface area contributed by atoms with E-state index in [1.807, 2.05) is 42.5 Å². The summed E-state index contributed by atoms with van der Waals surface area (Å²) in [6.07, 6.45) is -0.653. The average molecular weight is 358 g/mol. The molecule has 2 aromatic rings. The molecule has 0 fully saturated rings. The molecule has 2 N–H and O–H groups in total. The van der Waals surface area contributed by atoms with Gasteiger partial charge in [-0.05, 0) is 37.1 Å². The fourth-order valence-corrected chi connectivity index (χ4v) is 2.55. The highest BCUT2D eigenvalue weighted by Gasteiger charge is 2.24. The minimum Gasteiger partial charge on any atom is -0.444 e. The van der Waals surface area contributed by atoms with E-state index in [-0.39, 0.29) is 12.5 Å². The predicted molar refractivity (Wildman–Crippen MR) is 101 cm³/mol. The summed E-state index contributed by atoms with van der Waals surface area (Å²) in [7, 11) is 1.47. The molecule has 0 spiro atoms. The molecule has 2 aromatic carbocycles. The van der Waals surface area contributed by atoms with Gasteiger partial charge in [0.05, 0.1) is 6.61 Å². The number of hydrogen-bond acceptors (Lipinski definition) is 4. The maximum atomic E-state index is 12.5. The Morgan fingerprint density at radius 2 is 1.77 bits per heavy atom. The third-order valence-electron chi connectivity index (χ3n) is 3.67. The molecule has 0 bridgehead atoms. The fraction of sp³-hybridized carbons (Fsp3) is 0.400. The van der Waals surface area contributed by atoms with E-state index in [1.54, 1.807) is 20.8 Å². The van der Waals surface area contributed by atoms with E-state index in [0.29, 0.717) is 6.54 Å². The minimum absolute atomic E-state index is 0.0562. The monoisotopic (exact) mass is 358 g/mol. The van der Waals surface area contributed by atoms with Gasteiger partial charge >= 0.3 is 6.09 Å². The normalized spacial score (nSPS) is 12.5. The molecule has 0 aliphatic rings. The van der Waals surface area contributed by atoms with Crippen molar-refractivity contribution in [3.05, 3.63) is 48.0 Å². The molecule has 1 atom stereocenters. The highest BCUT2D eigenvalue weighted by molar-refractivity contribution is 5.88. The average Bonchev–Trinajstić information content (AvgIpc) is 2.57. The van der Waals surface area contributed by atoms with Crippen LogP contribution in [-0.2, 0) is 20.8 Å². The Kier molecular flexibility index (Phi) is 6.58. The highest BCUT2D eigenvalue weighted by atomic mass is 16.6. The fourth-order valence-electron chi connectivity index (χ4n) is 2.55. The topological polar surface area (TPSA) is 76.7 Å². The van der Waals surface area contributed by atoms with Gasteiger partial charge in [0.15, 0.2) is 0 Å². The number of methoxy groups -OCH3 is 1. The van der Waals surface area contributed by atoms with Crippen LogP contribution in [-0.4, -0.2) is 37.4 Å². The van der Waals surface area contributed by atoms with Gasteiger partial charge in [-0.25, -0.2) is 4.79 Å². The lowest BCUT2D eigenvalue weighted by Crippen LogP contribution is -2.50. The van der Waals surface area contributed by atoms with E-state index < -0.39 is 17.7 Å². The molecule has 2 rings (SSSR count). The van der Waals surface area contributed by atoms with Crippen LogP contribution >= 0.6 is 0 Å². The third kappa shape index (κ3) is 5.74. The number of fused-ring (bicyclic) bond motifs is 1. The molecule has 140 valence electrons. The summed E-state index contributed by atoms with van der Waals surface area (Å²) in [4.78, 5) is 24.4. The molecule has 6 nitrogen and oxygen atoms in total. The standard InChI is InChI=1S/C20H26N2O4/c1-20(2,3)26-19(24)22-17(13-25-4)18(23)21-12-15-10-7-9-14-8-5-6-11-16(14)15/h5-11,17H,12-13H2,1-4H3,(H,21,23)(H,22,24). The van der Waals surface area contributed by atoms with Crippen LogP contribution < -0.4 is 10.6 Å². The second kappa shape index (κ2) is 8.67. The van der Waals surface area contributed by atoms with Crippen molar-refractivity contribution in [1.82, 2.24) is 10.6 Å². The van der Waals surface area contributed by atoms with Crippen molar-refractivity contribution in [2.75, 3.05) is 13.7 Å². The van der Waals surface area contributed by atoms with Crippen LogP contribution in [0, 0.1) is 0 Å². The summed E-state index contributed by atoms with van der Waals surface area (Å²) in [5.41, 5.74) is 0.367. The second-order valence-corrected chi connectivity index (χ2v) is 7.01. The number of alkyl carbamates (subject to hydrolysis) is 1. The molecule has 0 heterocycles. The second-order valence-electron chi connectivity index (χ2n) is 7.01. The summed E-state index contributed by atoms with van der Waals surface area (Å²) < 4.78 is 10.2. The maximum absolute atomic E-state index is 12.5. The molecule has 0 aromatic heterocycles. The molecule has 6 heteroatoms. The van der Waals surface area contributed by atoms with Gasteiger partial charge in [0.2, 0.25) is 5.91 Å². The van der Waals surface area contributed by atoms with Gasteiger partial charge in [0.25, 0.3) is 0 Å². The Hall–Kier alpha value is -2.60. The van der Waals surface area contributed by atoms with Crippen molar-refractivity contribution in [3.63, 3.8) is 0 Å². The van der Waals surface area contributed by atoms with Gasteiger partial charge in [-0.1, -0.05) is 42.5 Å². The Labute approximate surface area is 153 Å². The van der Waals surface area contributed by atoms with Crippen LogP contribution in [0.3, 0.4) is 0 Å². The first-order valence-corrected chi connectivity index (χ1v) is 8.53. The number of nitrogens with one attached hydrogen (secondary N) is 2. The number of carbonyl (C=O) groups excluding carboxylic acids is 2. The zero-order valence-electron chi connectivity index (χ0n) is 15.7. The molecular weight excluding hydrogens is 332 g/mol. The molecule has 2 amide bonds. The first kappa shape index (κ1) is 19.7. The lowest BCUT2D eigenvalue weighted by Gasteiger charge is -2.23. The van der Waals surface area contributed by atoms with Gasteiger partial charge in [-0.2, -0.15) is 0 Å². The van der Waals surface area contributed by atoms with Crippen molar-refractivity contribution < 1.29 is 19.1 Å². The van der Waals surface area contributed by atoms with Gasteiger partial charge in [0, 0.05) is 13.7 Å². The largest absolute Gasteiger partial charge is 0.444 e. The number of ether oxygens (including phenoxy) is 2. The van der Waals surface area contributed by atoms with Crippen LogP contribution in [0.4, 0.5) is 4.79 Å². The SMILES string of the molecule is COCC(NC(=O)OC(C)(C)C)C(=O)NCc1cccc2ccccc12. The van der Waals surface area contributed by atoms with E-state index in [0.717, 1.165) is 16.3 Å². The molecule has 0 aliphatic carbocycles. The van der Waals surface area contributed by atoms with E-state index in [2.05, 4.69) is 10.6 Å². The molecule has 0 aliphatic heterocycles. The molecule has 0 saturated heterocycles. The summed E-state index contributed by atoms with van der Waals surface area (Å²) in [6.45, 7) is 5.70. The Balaban J connectivity index is 2.01. The minimum atomic E-state index is -0.829. The van der Waals surface area contributed by atoms with E-state index in [4.69, 9.17) is 9.47 Å². The molecule has 0 saturated carbocycles. The zero-order valence-corrected chi connectivity index (χ0v) is 15.7. The van der Waals surface area contributed by atoms with Gasteiger partial charge in [-0.3, -0.25) is 4.79 Å². The molecule has 1 unspecified atom stereocenters. The van der Waals surface area contributed by atoms with Crippen molar-refractivity contribution in [2.45, 2.75) is 39.0 Å². The summed E-state index contributed by atoms with van der Waals surface area (Å²) >= 11 is 0. The van der Waals surface area contributed by atoms with Crippen LogP contribution in [0.1, 0.15) is 26.3 Å². The number of carbonyl (C=O) groups is 2. The van der Waals surface area contributed by atoms with Crippen molar-refractivity contribution in [1.29, 1.82) is 0 Å². The Morgan fingerprint density at radius 3 is 2.46 bits per heavy atom. The van der Waals surface area contributed by atoms with Crippen molar-refractivity contribution >= 4 is 22.8 Å². The van der Waals surface area contributed by atoms with Crippen molar-refractivity contribution in [2.24, 2.45) is 0 Å². The summed E-state index contributed by atoms with van der Waals surface area (Å²) in [6, 6.07) is 13.1. The van der Waals surface area contributed by atoms with Gasteiger partial charge < -0.3 is 20.1 Å². The van der Waals surface area contributed by atoms with Crippen LogP contribution in [0.15, 0.2) is 42.5 Å². The van der Waals surface area contributed by atoms with E-state index in [1.165, 1.54) is 7.11 Å². The van der Waals surface area contributed by atoms with E-state index >= 15 is 0 Å². The lowest BCUT2D eigenvalue weighted by atomic mass is 10.0. The maximum Gasteiger partial charge on any atom is 0.408 e. The Bertz CT molecular complexity index is 762. The Morgan fingerprint density at radius 1 is 1.08 bits per heavy atom. The van der Waals surface area contributed by atoms with Crippen LogP contribution in [0.25, 0.3) is 10.8 Å². The molecular formula is C20H26N2O4. The van der Waals surface area contributed by atoms with Gasteiger partial charge in [0.1, 0.15) is 11.6 Å². The van der Waals surface area contributed by atoms with Gasteiger partial charge in [-0.15, -0.1) is 0 Å². The lowest BCUT2D eigenvalue weighted by molar-refractivity contribution is -0.124. The smallest absolute Gasteiger partial charge is 0.408 e. The summed E-state index contributed by atoms with van der Waals surface area (Å²) in [5, 5.41) is 7.60. The van der Waals surface area contributed by atoms with E-state index in [9.17, 15) is 9.59 Å². The third-order valence-corrected chi connectivity index (χ3v) is 3.67. The van der Waals surface area contributed by atoms with Crippen LogP contribution in [0.2, 0.25) is 0 Å². The summed E-state index contributed by atoms with van der Waals surface area (Å²) in [5.74, 6) is -0.328. The predicted octanol–water partition coefficient (Wildman–Crippen LogP) is 3.00. The number of benzene rings is 2. The highest BCUT2D eigenvalue weighted by Crippen LogP contribution is 2.18. The number of hydrogen-bond donors (Lipinski definition) is 2. The van der Waals surface area contributed by atoms with Crippen LogP contribution in [0.5, 0.6) is 0 Å². The number of amides is 2. The first-order chi connectivity index (χ1) is 12.3. The zero-order chi connectivity index (χ0) is 19.2. The number of rotatable bonds is 6. The first-order valence-electron chi connectivity index (χ1n) is 8.53. The molecule has 0 radical (unpaired) electrons. The quantitative estimate of drug-likeness (QED) is 0.832. The molecule has 26 heavy (non-hydrogen) atoms.